The van der Waals surface area contributed by atoms with Crippen LogP contribution in [0.5, 0.6) is 5.75 Å². The van der Waals surface area contributed by atoms with Crippen molar-refractivity contribution in [3.63, 3.8) is 0 Å². The van der Waals surface area contributed by atoms with Gasteiger partial charge < -0.3 is 10.0 Å². The largest absolute Gasteiger partial charge is 0.508 e. The van der Waals surface area contributed by atoms with Gasteiger partial charge in [0.15, 0.2) is 0 Å². The van der Waals surface area contributed by atoms with Gasteiger partial charge in [-0.15, -0.1) is 0 Å². The molecule has 2 rings (SSSR count). The molecule has 0 unspecified atom stereocenters. The number of hydrogen-bond acceptors (Lipinski definition) is 2. The molecule has 2 heteroatoms. The maximum atomic E-state index is 9.71. The van der Waals surface area contributed by atoms with E-state index in [4.69, 9.17) is 0 Å². The van der Waals surface area contributed by atoms with Crippen LogP contribution in [0.25, 0.3) is 0 Å². The summed E-state index contributed by atoms with van der Waals surface area (Å²) >= 11 is 0. The maximum absolute atomic E-state index is 9.71. The fourth-order valence-corrected chi connectivity index (χ4v) is 2.67. The third-order valence-corrected chi connectivity index (χ3v) is 3.97. The summed E-state index contributed by atoms with van der Waals surface area (Å²) in [6, 6.07) is 7.72. The summed E-state index contributed by atoms with van der Waals surface area (Å²) in [6.07, 6.45) is 4.88. The number of benzene rings is 1. The number of phenolic OH excluding ortho intramolecular Hbond substituents is 1. The van der Waals surface area contributed by atoms with Crippen molar-refractivity contribution in [2.45, 2.75) is 32.6 Å². The molecule has 0 atom stereocenters. The molecule has 94 valence electrons. The molecule has 1 aromatic carbocycles. The van der Waals surface area contributed by atoms with E-state index in [1.54, 1.807) is 6.07 Å². The number of rotatable bonds is 4. The summed E-state index contributed by atoms with van der Waals surface area (Å²) in [5, 5.41) is 9.71. The third-order valence-electron chi connectivity index (χ3n) is 3.97. The molecule has 1 aromatic rings. The molecule has 1 fully saturated rings. The normalized spacial score (nSPS) is 18.4. The fourth-order valence-electron chi connectivity index (χ4n) is 2.67. The Morgan fingerprint density at radius 3 is 2.59 bits per heavy atom. The Hall–Kier alpha value is -1.02. The molecule has 0 amide bonds. The number of aromatic hydroxyl groups is 1. The second-order valence-electron chi connectivity index (χ2n) is 5.05. The molecule has 0 aliphatic carbocycles. The van der Waals surface area contributed by atoms with Crippen LogP contribution in [0, 0.1) is 5.92 Å². The molecule has 1 aliphatic rings. The van der Waals surface area contributed by atoms with Crippen molar-refractivity contribution in [3.05, 3.63) is 29.8 Å². The van der Waals surface area contributed by atoms with E-state index in [1.807, 2.05) is 18.2 Å². The lowest BCUT2D eigenvalue weighted by Gasteiger charge is -2.31. The van der Waals surface area contributed by atoms with Crippen LogP contribution in [0.2, 0.25) is 0 Å². The number of phenols is 1. The van der Waals surface area contributed by atoms with Crippen molar-refractivity contribution < 1.29 is 5.11 Å². The Bertz CT molecular complexity index is 343. The van der Waals surface area contributed by atoms with E-state index in [2.05, 4.69) is 11.8 Å². The van der Waals surface area contributed by atoms with Gasteiger partial charge in [0, 0.05) is 0 Å². The quantitative estimate of drug-likeness (QED) is 0.864. The molecule has 1 aliphatic heterocycles. The van der Waals surface area contributed by atoms with Gasteiger partial charge in [0.25, 0.3) is 0 Å². The van der Waals surface area contributed by atoms with Gasteiger partial charge in [0.2, 0.25) is 0 Å². The zero-order valence-corrected chi connectivity index (χ0v) is 10.7. The molecule has 0 bridgehead atoms. The summed E-state index contributed by atoms with van der Waals surface area (Å²) in [7, 11) is 0. The first-order chi connectivity index (χ1) is 8.29. The van der Waals surface area contributed by atoms with Crippen molar-refractivity contribution in [3.8, 4) is 5.75 Å². The van der Waals surface area contributed by atoms with Gasteiger partial charge in [-0.3, -0.25) is 0 Å². The lowest BCUT2D eigenvalue weighted by Crippen LogP contribution is -2.33. The molecule has 0 spiro atoms. The molecule has 17 heavy (non-hydrogen) atoms. The van der Waals surface area contributed by atoms with E-state index in [1.165, 1.54) is 38.9 Å². The van der Waals surface area contributed by atoms with Crippen molar-refractivity contribution in [2.24, 2.45) is 5.92 Å². The Morgan fingerprint density at radius 1 is 1.24 bits per heavy atom. The van der Waals surface area contributed by atoms with Gasteiger partial charge in [0.05, 0.1) is 0 Å². The monoisotopic (exact) mass is 233 g/mol. The number of likely N-dealkylation sites (tertiary alicyclic amines) is 1. The van der Waals surface area contributed by atoms with E-state index in [0.29, 0.717) is 5.75 Å². The van der Waals surface area contributed by atoms with Gasteiger partial charge in [-0.25, -0.2) is 0 Å². The zero-order chi connectivity index (χ0) is 12.1. The van der Waals surface area contributed by atoms with Crippen LogP contribution in [0.4, 0.5) is 0 Å². The Labute approximate surface area is 104 Å². The Kier molecular flexibility index (Phi) is 4.43. The SMILES string of the molecule is CCN1CCC(CCc2ccccc2O)CC1. The number of piperidine rings is 1. The highest BCUT2D eigenvalue weighted by molar-refractivity contribution is 5.31. The summed E-state index contributed by atoms with van der Waals surface area (Å²) in [5.41, 5.74) is 1.10. The predicted molar refractivity (Wildman–Crippen MR) is 71.3 cm³/mol. The van der Waals surface area contributed by atoms with Gasteiger partial charge in [-0.05, 0) is 62.9 Å². The van der Waals surface area contributed by atoms with Crippen LogP contribution in [0.1, 0.15) is 31.7 Å². The summed E-state index contributed by atoms with van der Waals surface area (Å²) in [5.74, 6) is 1.30. The molecule has 2 nitrogen and oxygen atoms in total. The zero-order valence-electron chi connectivity index (χ0n) is 10.7. The molecule has 1 heterocycles. The smallest absolute Gasteiger partial charge is 0.118 e. The van der Waals surface area contributed by atoms with Crippen LogP contribution in [-0.4, -0.2) is 29.6 Å². The van der Waals surface area contributed by atoms with Gasteiger partial charge >= 0.3 is 0 Å². The van der Waals surface area contributed by atoms with Crippen molar-refractivity contribution in [1.29, 1.82) is 0 Å². The number of nitrogens with zero attached hydrogens (tertiary/aromatic N) is 1. The molecule has 1 N–H and O–H groups in total. The lowest BCUT2D eigenvalue weighted by atomic mass is 9.90. The third kappa shape index (κ3) is 3.47. The fraction of sp³-hybridized carbons (Fsp3) is 0.600. The van der Waals surface area contributed by atoms with Crippen LogP contribution in [0.15, 0.2) is 24.3 Å². The van der Waals surface area contributed by atoms with Crippen molar-refractivity contribution in [1.82, 2.24) is 4.90 Å². The molecule has 0 aromatic heterocycles. The molecule has 1 saturated heterocycles. The second kappa shape index (κ2) is 6.06. The molecule has 0 radical (unpaired) electrons. The Balaban J connectivity index is 1.78. The van der Waals surface area contributed by atoms with E-state index in [9.17, 15) is 5.11 Å². The number of hydrogen-bond donors (Lipinski definition) is 1. The summed E-state index contributed by atoms with van der Waals surface area (Å²) < 4.78 is 0. The van der Waals surface area contributed by atoms with E-state index in [0.717, 1.165) is 17.9 Å². The first-order valence-electron chi connectivity index (χ1n) is 6.79. The second-order valence-corrected chi connectivity index (χ2v) is 5.05. The molecular weight excluding hydrogens is 210 g/mol. The minimum atomic E-state index is 0.457. The van der Waals surface area contributed by atoms with Crippen molar-refractivity contribution >= 4 is 0 Å². The topological polar surface area (TPSA) is 23.5 Å². The standard InChI is InChI=1S/C15H23NO/c1-2-16-11-9-13(10-12-16)7-8-14-5-3-4-6-15(14)17/h3-6,13,17H,2,7-12H2,1H3. The first kappa shape index (κ1) is 12.4. The van der Waals surface area contributed by atoms with Crippen LogP contribution < -0.4 is 0 Å². The number of para-hydroxylation sites is 1. The highest BCUT2D eigenvalue weighted by Crippen LogP contribution is 2.24. The minimum Gasteiger partial charge on any atom is -0.508 e. The molecular formula is C15H23NO. The van der Waals surface area contributed by atoms with E-state index in [-0.39, 0.29) is 0 Å². The van der Waals surface area contributed by atoms with Crippen LogP contribution in [0.3, 0.4) is 0 Å². The average Bonchev–Trinajstić information content (AvgIpc) is 2.38. The highest BCUT2D eigenvalue weighted by Gasteiger charge is 2.17. The van der Waals surface area contributed by atoms with Gasteiger partial charge in [-0.1, -0.05) is 25.1 Å². The van der Waals surface area contributed by atoms with Gasteiger partial charge in [0.1, 0.15) is 5.75 Å². The maximum Gasteiger partial charge on any atom is 0.118 e. The first-order valence-corrected chi connectivity index (χ1v) is 6.79. The lowest BCUT2D eigenvalue weighted by molar-refractivity contribution is 0.187. The van der Waals surface area contributed by atoms with E-state index >= 15 is 0 Å². The van der Waals surface area contributed by atoms with Crippen LogP contribution >= 0.6 is 0 Å². The van der Waals surface area contributed by atoms with Crippen LogP contribution in [-0.2, 0) is 6.42 Å². The van der Waals surface area contributed by atoms with E-state index < -0.39 is 0 Å². The number of aryl methyl sites for hydroxylation is 1. The molecule has 0 saturated carbocycles. The predicted octanol–water partition coefficient (Wildman–Crippen LogP) is 3.06. The Morgan fingerprint density at radius 2 is 1.94 bits per heavy atom. The highest BCUT2D eigenvalue weighted by atomic mass is 16.3. The summed E-state index contributed by atoms with van der Waals surface area (Å²) in [4.78, 5) is 2.52. The van der Waals surface area contributed by atoms with Gasteiger partial charge in [-0.2, -0.15) is 0 Å². The average molecular weight is 233 g/mol. The summed E-state index contributed by atoms with van der Waals surface area (Å²) in [6.45, 7) is 5.93. The van der Waals surface area contributed by atoms with Crippen molar-refractivity contribution in [2.75, 3.05) is 19.6 Å². The minimum absolute atomic E-state index is 0.457.